The predicted molar refractivity (Wildman–Crippen MR) is 110 cm³/mol. The second-order valence-corrected chi connectivity index (χ2v) is 7.43. The van der Waals surface area contributed by atoms with Crippen molar-refractivity contribution in [2.75, 3.05) is 12.0 Å². The molecule has 3 heterocycles. The molecule has 3 aliphatic heterocycles. The number of fused-ring (bicyclic) bond motifs is 3. The van der Waals surface area contributed by atoms with E-state index >= 15 is 0 Å². The number of methoxy groups -OCH3 is 1. The summed E-state index contributed by atoms with van der Waals surface area (Å²) in [4.78, 5) is 41.6. The number of carbonyl (C=O) groups is 3. The van der Waals surface area contributed by atoms with Crippen LogP contribution in [0.25, 0.3) is 0 Å². The lowest BCUT2D eigenvalue weighted by Gasteiger charge is -2.30. The van der Waals surface area contributed by atoms with Gasteiger partial charge in [0.1, 0.15) is 11.8 Å². The summed E-state index contributed by atoms with van der Waals surface area (Å²) in [6.45, 7) is 0. The second-order valence-electron chi connectivity index (χ2n) is 7.43. The molecule has 0 saturated carbocycles. The first-order chi connectivity index (χ1) is 14.6. The van der Waals surface area contributed by atoms with Gasteiger partial charge in [-0.1, -0.05) is 48.5 Å². The maximum Gasteiger partial charge on any atom is 0.240 e. The Morgan fingerprint density at radius 1 is 0.967 bits per heavy atom. The molecule has 4 atom stereocenters. The van der Waals surface area contributed by atoms with Gasteiger partial charge in [-0.05, 0) is 18.2 Å². The third kappa shape index (κ3) is 2.51. The number of hydrogen-bond donors (Lipinski definition) is 0. The molecule has 150 valence electrons. The predicted octanol–water partition coefficient (Wildman–Crippen LogP) is 2.29. The molecule has 2 fully saturated rings. The normalized spacial score (nSPS) is 26.7. The van der Waals surface area contributed by atoms with Crippen molar-refractivity contribution >= 4 is 29.5 Å². The molecule has 3 aliphatic rings. The number of hydrogen-bond acceptors (Lipinski definition) is 6. The van der Waals surface area contributed by atoms with Crippen molar-refractivity contribution in [3.8, 4) is 5.75 Å². The molecule has 0 aromatic heterocycles. The highest BCUT2D eigenvalue weighted by Gasteiger charge is 2.64. The minimum Gasteiger partial charge on any atom is -0.495 e. The van der Waals surface area contributed by atoms with E-state index in [1.807, 2.05) is 12.1 Å². The van der Waals surface area contributed by atoms with E-state index in [1.165, 1.54) is 12.0 Å². The molecule has 30 heavy (non-hydrogen) atoms. The minimum atomic E-state index is -0.847. The minimum absolute atomic E-state index is 0.219. The summed E-state index contributed by atoms with van der Waals surface area (Å²) in [6, 6.07) is 14.4. The van der Waals surface area contributed by atoms with Gasteiger partial charge in [0.25, 0.3) is 0 Å². The Labute approximate surface area is 173 Å². The van der Waals surface area contributed by atoms with Crippen molar-refractivity contribution in [1.82, 2.24) is 5.01 Å². The SMILES string of the molecule is COc1ccccc1N1C(=O)[C@@H]2C(C(=O)c3ccccc3)N3N=CC=CC3[C@@H]2C1=O. The Morgan fingerprint density at radius 3 is 2.43 bits per heavy atom. The van der Waals surface area contributed by atoms with Crippen LogP contribution >= 0.6 is 0 Å². The molecule has 0 spiro atoms. The number of carbonyl (C=O) groups excluding carboxylic acids is 3. The number of ether oxygens (including phenoxy) is 1. The van der Waals surface area contributed by atoms with Crippen LogP contribution in [-0.2, 0) is 9.59 Å². The zero-order valence-electron chi connectivity index (χ0n) is 16.2. The van der Waals surface area contributed by atoms with E-state index in [-0.39, 0.29) is 11.7 Å². The third-order valence-corrected chi connectivity index (χ3v) is 5.94. The van der Waals surface area contributed by atoms with E-state index < -0.39 is 29.8 Å². The number of para-hydroxylation sites is 2. The van der Waals surface area contributed by atoms with Crippen molar-refractivity contribution in [3.05, 3.63) is 72.3 Å². The van der Waals surface area contributed by atoms with E-state index in [1.54, 1.807) is 65.8 Å². The largest absolute Gasteiger partial charge is 0.495 e. The number of anilines is 1. The molecule has 2 amide bonds. The van der Waals surface area contributed by atoms with Gasteiger partial charge in [0.15, 0.2) is 5.78 Å². The van der Waals surface area contributed by atoms with Gasteiger partial charge in [0.2, 0.25) is 11.8 Å². The first-order valence-corrected chi connectivity index (χ1v) is 9.72. The molecule has 7 nitrogen and oxygen atoms in total. The van der Waals surface area contributed by atoms with Gasteiger partial charge >= 0.3 is 0 Å². The molecule has 0 bridgehead atoms. The van der Waals surface area contributed by atoms with Crippen LogP contribution < -0.4 is 9.64 Å². The van der Waals surface area contributed by atoms with Crippen LogP contribution in [0.2, 0.25) is 0 Å². The number of hydrazone groups is 1. The molecule has 2 aromatic rings. The van der Waals surface area contributed by atoms with E-state index in [0.29, 0.717) is 17.0 Å². The third-order valence-electron chi connectivity index (χ3n) is 5.94. The average Bonchev–Trinajstić information content (AvgIpc) is 3.26. The van der Waals surface area contributed by atoms with E-state index in [4.69, 9.17) is 4.74 Å². The fourth-order valence-corrected chi connectivity index (χ4v) is 4.66. The first-order valence-electron chi connectivity index (χ1n) is 9.72. The summed E-state index contributed by atoms with van der Waals surface area (Å²) in [7, 11) is 1.49. The summed E-state index contributed by atoms with van der Waals surface area (Å²) >= 11 is 0. The molecular weight excluding hydrogens is 382 g/mol. The van der Waals surface area contributed by atoms with Crippen molar-refractivity contribution < 1.29 is 19.1 Å². The molecule has 0 N–H and O–H groups in total. The topological polar surface area (TPSA) is 79.3 Å². The summed E-state index contributed by atoms with van der Waals surface area (Å²) in [5.74, 6) is -2.03. The molecular formula is C23H19N3O4. The first kappa shape index (κ1) is 18.3. The fourth-order valence-electron chi connectivity index (χ4n) is 4.66. The molecule has 2 aromatic carbocycles. The number of allylic oxidation sites excluding steroid dienone is 1. The highest BCUT2D eigenvalue weighted by atomic mass is 16.5. The van der Waals surface area contributed by atoms with Crippen LogP contribution in [0.3, 0.4) is 0 Å². The maximum absolute atomic E-state index is 13.6. The standard InChI is InChI=1S/C23H19N3O4/c1-30-17-12-6-5-10-15(17)25-22(28)18-16-11-7-13-24-26(16)20(19(18)23(25)29)21(27)14-8-3-2-4-9-14/h2-13,16,18-20H,1H3/t16?,18-,19-,20?/m0/s1. The van der Waals surface area contributed by atoms with Gasteiger partial charge in [0, 0.05) is 11.8 Å². The van der Waals surface area contributed by atoms with Crippen LogP contribution in [0, 0.1) is 11.8 Å². The molecule has 0 radical (unpaired) electrons. The highest BCUT2D eigenvalue weighted by Crippen LogP contribution is 2.47. The van der Waals surface area contributed by atoms with Gasteiger partial charge in [-0.2, -0.15) is 5.10 Å². The molecule has 7 heteroatoms. The highest BCUT2D eigenvalue weighted by molar-refractivity contribution is 6.25. The summed E-state index contributed by atoms with van der Waals surface area (Å²) in [6.07, 6.45) is 5.16. The van der Waals surface area contributed by atoms with Crippen LogP contribution in [0.1, 0.15) is 10.4 Å². The Morgan fingerprint density at radius 2 is 1.67 bits per heavy atom. The van der Waals surface area contributed by atoms with Crippen molar-refractivity contribution in [1.29, 1.82) is 0 Å². The van der Waals surface area contributed by atoms with Crippen LogP contribution in [0.5, 0.6) is 5.75 Å². The fraction of sp³-hybridized carbons (Fsp3) is 0.217. The number of amides is 2. The Bertz CT molecular complexity index is 1090. The zero-order chi connectivity index (χ0) is 20.8. The van der Waals surface area contributed by atoms with Gasteiger partial charge < -0.3 is 4.74 Å². The smallest absolute Gasteiger partial charge is 0.240 e. The van der Waals surface area contributed by atoms with Gasteiger partial charge in [-0.3, -0.25) is 19.4 Å². The number of imide groups is 1. The van der Waals surface area contributed by atoms with E-state index in [0.717, 1.165) is 0 Å². The summed E-state index contributed by atoms with van der Waals surface area (Å²) in [5, 5.41) is 5.97. The molecule has 0 aliphatic carbocycles. The summed E-state index contributed by atoms with van der Waals surface area (Å²) in [5.41, 5.74) is 0.882. The zero-order valence-corrected chi connectivity index (χ0v) is 16.2. The number of rotatable bonds is 4. The van der Waals surface area contributed by atoms with E-state index in [9.17, 15) is 14.4 Å². The van der Waals surface area contributed by atoms with Gasteiger partial charge in [0.05, 0.1) is 30.7 Å². The van der Waals surface area contributed by atoms with Crippen molar-refractivity contribution in [3.63, 3.8) is 0 Å². The van der Waals surface area contributed by atoms with E-state index in [2.05, 4.69) is 5.10 Å². The van der Waals surface area contributed by atoms with Crippen LogP contribution in [0.4, 0.5) is 5.69 Å². The number of nitrogens with zero attached hydrogens (tertiary/aromatic N) is 3. The lowest BCUT2D eigenvalue weighted by Crippen LogP contribution is -2.46. The van der Waals surface area contributed by atoms with Crippen molar-refractivity contribution in [2.45, 2.75) is 12.1 Å². The molecule has 2 saturated heterocycles. The van der Waals surface area contributed by atoms with Gasteiger partial charge in [-0.25, -0.2) is 4.90 Å². The molecule has 2 unspecified atom stereocenters. The Balaban J connectivity index is 1.60. The Hall–Kier alpha value is -3.74. The number of benzene rings is 2. The monoisotopic (exact) mass is 401 g/mol. The van der Waals surface area contributed by atoms with Gasteiger partial charge in [-0.15, -0.1) is 0 Å². The number of Topliss-reactive ketones (excluding diaryl/α,β-unsaturated/α-hetero) is 1. The lowest BCUT2D eigenvalue weighted by molar-refractivity contribution is -0.123. The maximum atomic E-state index is 13.6. The van der Waals surface area contributed by atoms with Crippen LogP contribution in [-0.4, -0.2) is 48.0 Å². The average molecular weight is 401 g/mol. The second kappa shape index (κ2) is 6.95. The Kier molecular flexibility index (Phi) is 4.24. The molecule has 5 rings (SSSR count). The van der Waals surface area contributed by atoms with Crippen LogP contribution in [0.15, 0.2) is 71.9 Å². The van der Waals surface area contributed by atoms with Crippen molar-refractivity contribution in [2.24, 2.45) is 16.9 Å². The lowest BCUT2D eigenvalue weighted by atomic mass is 9.86. The summed E-state index contributed by atoms with van der Waals surface area (Å²) < 4.78 is 5.37. The quantitative estimate of drug-likeness (QED) is 0.580. The number of ketones is 1.